The molecule has 1 N–H and O–H groups in total. The van der Waals surface area contributed by atoms with Crippen LogP contribution >= 0.6 is 0 Å². The zero-order valence-corrected chi connectivity index (χ0v) is 12.4. The van der Waals surface area contributed by atoms with E-state index in [4.69, 9.17) is 4.74 Å². The highest BCUT2D eigenvalue weighted by atomic mass is 16.5. The topological polar surface area (TPSA) is 62.7 Å². The number of nitrogens with zero attached hydrogens (tertiary/aromatic N) is 2. The third-order valence-electron chi connectivity index (χ3n) is 3.35. The van der Waals surface area contributed by atoms with Gasteiger partial charge in [0.1, 0.15) is 0 Å². The van der Waals surface area contributed by atoms with Gasteiger partial charge in [-0.05, 0) is 26.0 Å². The molecular formula is C16H20N2O3. The molecule has 0 bridgehead atoms. The molecule has 0 fully saturated rings. The second-order valence-electron chi connectivity index (χ2n) is 4.63. The molecule has 0 aliphatic carbocycles. The number of pyridine rings is 1. The van der Waals surface area contributed by atoms with Crippen molar-refractivity contribution in [2.45, 2.75) is 13.8 Å². The molecule has 5 heteroatoms. The maximum atomic E-state index is 11.3. The SMILES string of the molecule is CCOCCN(CC)c1cc(C(=O)O)nc2ccccc12. The van der Waals surface area contributed by atoms with Crippen LogP contribution in [0.25, 0.3) is 10.9 Å². The summed E-state index contributed by atoms with van der Waals surface area (Å²) in [6.45, 7) is 6.79. The number of fused-ring (bicyclic) bond motifs is 1. The molecule has 0 saturated carbocycles. The van der Waals surface area contributed by atoms with Crippen LogP contribution in [0.4, 0.5) is 5.69 Å². The molecule has 5 nitrogen and oxygen atoms in total. The van der Waals surface area contributed by atoms with Gasteiger partial charge in [-0.2, -0.15) is 0 Å². The summed E-state index contributed by atoms with van der Waals surface area (Å²) < 4.78 is 5.40. The number of ether oxygens (including phenoxy) is 1. The van der Waals surface area contributed by atoms with E-state index in [1.807, 2.05) is 38.1 Å². The predicted octanol–water partition coefficient (Wildman–Crippen LogP) is 2.80. The molecule has 0 saturated heterocycles. The van der Waals surface area contributed by atoms with Crippen LogP contribution < -0.4 is 4.90 Å². The second-order valence-corrected chi connectivity index (χ2v) is 4.63. The zero-order chi connectivity index (χ0) is 15.2. The maximum absolute atomic E-state index is 11.3. The van der Waals surface area contributed by atoms with E-state index in [1.54, 1.807) is 6.07 Å². The molecule has 0 unspecified atom stereocenters. The molecule has 0 amide bonds. The molecule has 2 aromatic rings. The van der Waals surface area contributed by atoms with Crippen LogP contribution in [0.5, 0.6) is 0 Å². The van der Waals surface area contributed by atoms with Crippen molar-refractivity contribution in [1.82, 2.24) is 4.98 Å². The van der Waals surface area contributed by atoms with E-state index in [-0.39, 0.29) is 5.69 Å². The van der Waals surface area contributed by atoms with Crippen LogP contribution in [0.2, 0.25) is 0 Å². The van der Waals surface area contributed by atoms with Crippen LogP contribution in [0.3, 0.4) is 0 Å². The fourth-order valence-electron chi connectivity index (χ4n) is 2.30. The number of benzene rings is 1. The Bertz CT molecular complexity index is 628. The van der Waals surface area contributed by atoms with Crippen molar-refractivity contribution in [3.63, 3.8) is 0 Å². The van der Waals surface area contributed by atoms with Crippen LogP contribution in [0.15, 0.2) is 30.3 Å². The fraction of sp³-hybridized carbons (Fsp3) is 0.375. The summed E-state index contributed by atoms with van der Waals surface area (Å²) in [6, 6.07) is 9.24. The Labute approximate surface area is 124 Å². The number of hydrogen-bond acceptors (Lipinski definition) is 4. The normalized spacial score (nSPS) is 10.8. The van der Waals surface area contributed by atoms with E-state index >= 15 is 0 Å². The standard InChI is InChI=1S/C16H20N2O3/c1-3-18(9-10-21-4-2)15-11-14(16(19)20)17-13-8-6-5-7-12(13)15/h5-8,11H,3-4,9-10H2,1-2H3,(H,19,20). The molecule has 1 aromatic heterocycles. The van der Waals surface area contributed by atoms with Gasteiger partial charge in [0.2, 0.25) is 0 Å². The Kier molecular flexibility index (Phi) is 5.11. The molecule has 0 spiro atoms. The Balaban J connectivity index is 2.45. The lowest BCUT2D eigenvalue weighted by Gasteiger charge is -2.24. The number of para-hydroxylation sites is 1. The minimum absolute atomic E-state index is 0.0681. The molecule has 0 radical (unpaired) electrons. The lowest BCUT2D eigenvalue weighted by Crippen LogP contribution is -2.27. The molecule has 1 aromatic carbocycles. The van der Waals surface area contributed by atoms with E-state index in [0.29, 0.717) is 18.7 Å². The van der Waals surface area contributed by atoms with Crippen LogP contribution in [0, 0.1) is 0 Å². The average molecular weight is 288 g/mol. The van der Waals surface area contributed by atoms with E-state index in [2.05, 4.69) is 9.88 Å². The predicted molar refractivity (Wildman–Crippen MR) is 83.1 cm³/mol. The second kappa shape index (κ2) is 7.04. The number of rotatable bonds is 7. The van der Waals surface area contributed by atoms with Gasteiger partial charge < -0.3 is 14.7 Å². The summed E-state index contributed by atoms with van der Waals surface area (Å²) >= 11 is 0. The van der Waals surface area contributed by atoms with Gasteiger partial charge in [-0.25, -0.2) is 9.78 Å². The monoisotopic (exact) mass is 288 g/mol. The third-order valence-corrected chi connectivity index (χ3v) is 3.35. The first kappa shape index (κ1) is 15.3. The number of aromatic nitrogens is 1. The Hall–Kier alpha value is -2.14. The average Bonchev–Trinajstić information content (AvgIpc) is 2.50. The Morgan fingerprint density at radius 1 is 1.33 bits per heavy atom. The third kappa shape index (κ3) is 3.49. The minimum Gasteiger partial charge on any atom is -0.477 e. The van der Waals surface area contributed by atoms with Crippen molar-refractivity contribution in [3.05, 3.63) is 36.0 Å². The van der Waals surface area contributed by atoms with Gasteiger partial charge in [-0.1, -0.05) is 18.2 Å². The van der Waals surface area contributed by atoms with Gasteiger partial charge in [0.15, 0.2) is 5.69 Å². The number of aromatic carboxylic acids is 1. The quantitative estimate of drug-likeness (QED) is 0.794. The molecular weight excluding hydrogens is 268 g/mol. The van der Waals surface area contributed by atoms with Crippen molar-refractivity contribution < 1.29 is 14.6 Å². The summed E-state index contributed by atoms with van der Waals surface area (Å²) in [5.74, 6) is -1.01. The zero-order valence-electron chi connectivity index (χ0n) is 12.4. The number of anilines is 1. The van der Waals surface area contributed by atoms with Gasteiger partial charge >= 0.3 is 5.97 Å². The molecule has 0 aliphatic heterocycles. The van der Waals surface area contributed by atoms with Crippen LogP contribution in [0.1, 0.15) is 24.3 Å². The smallest absolute Gasteiger partial charge is 0.354 e. The van der Waals surface area contributed by atoms with Gasteiger partial charge in [0.25, 0.3) is 0 Å². The molecule has 112 valence electrons. The Morgan fingerprint density at radius 3 is 2.76 bits per heavy atom. The summed E-state index contributed by atoms with van der Waals surface area (Å²) in [5.41, 5.74) is 1.65. The highest BCUT2D eigenvalue weighted by Gasteiger charge is 2.14. The summed E-state index contributed by atoms with van der Waals surface area (Å²) in [5, 5.41) is 10.2. The van der Waals surface area contributed by atoms with E-state index < -0.39 is 5.97 Å². The van der Waals surface area contributed by atoms with Gasteiger partial charge in [-0.15, -0.1) is 0 Å². The summed E-state index contributed by atoms with van der Waals surface area (Å²) in [7, 11) is 0. The molecule has 0 atom stereocenters. The maximum Gasteiger partial charge on any atom is 0.354 e. The van der Waals surface area contributed by atoms with Gasteiger partial charge in [0, 0.05) is 30.8 Å². The molecule has 2 rings (SSSR count). The Morgan fingerprint density at radius 2 is 2.10 bits per heavy atom. The first-order chi connectivity index (χ1) is 10.2. The van der Waals surface area contributed by atoms with Crippen LogP contribution in [-0.4, -0.2) is 42.4 Å². The van der Waals surface area contributed by atoms with E-state index in [1.165, 1.54) is 0 Å². The largest absolute Gasteiger partial charge is 0.477 e. The van der Waals surface area contributed by atoms with Crippen LogP contribution in [-0.2, 0) is 4.74 Å². The number of carboxylic acids is 1. The minimum atomic E-state index is -1.01. The van der Waals surface area contributed by atoms with Crippen molar-refractivity contribution >= 4 is 22.6 Å². The van der Waals surface area contributed by atoms with E-state index in [0.717, 1.165) is 24.2 Å². The lowest BCUT2D eigenvalue weighted by molar-refractivity contribution is 0.0691. The van der Waals surface area contributed by atoms with Crippen molar-refractivity contribution in [2.75, 3.05) is 31.2 Å². The molecule has 1 heterocycles. The van der Waals surface area contributed by atoms with Gasteiger partial charge in [-0.3, -0.25) is 0 Å². The summed E-state index contributed by atoms with van der Waals surface area (Å²) in [4.78, 5) is 17.6. The van der Waals surface area contributed by atoms with Crippen molar-refractivity contribution in [1.29, 1.82) is 0 Å². The first-order valence-electron chi connectivity index (χ1n) is 7.13. The number of carboxylic acid groups (broad SMARTS) is 1. The number of likely N-dealkylation sites (N-methyl/N-ethyl adjacent to an activating group) is 1. The highest BCUT2D eigenvalue weighted by molar-refractivity contribution is 5.97. The molecule has 0 aliphatic rings. The fourth-order valence-corrected chi connectivity index (χ4v) is 2.30. The molecule has 21 heavy (non-hydrogen) atoms. The number of hydrogen-bond donors (Lipinski definition) is 1. The van der Waals surface area contributed by atoms with E-state index in [9.17, 15) is 9.90 Å². The number of carbonyl (C=O) groups is 1. The van der Waals surface area contributed by atoms with Crippen molar-refractivity contribution in [2.24, 2.45) is 0 Å². The summed E-state index contributed by atoms with van der Waals surface area (Å²) in [6.07, 6.45) is 0. The highest BCUT2D eigenvalue weighted by Crippen LogP contribution is 2.26. The first-order valence-corrected chi connectivity index (χ1v) is 7.13. The van der Waals surface area contributed by atoms with Crippen molar-refractivity contribution in [3.8, 4) is 0 Å². The van der Waals surface area contributed by atoms with Gasteiger partial charge in [0.05, 0.1) is 12.1 Å². The lowest BCUT2D eigenvalue weighted by atomic mass is 10.1.